The van der Waals surface area contributed by atoms with Crippen molar-refractivity contribution in [3.05, 3.63) is 83.7 Å². The van der Waals surface area contributed by atoms with Gasteiger partial charge in [-0.3, -0.25) is 4.90 Å². The summed E-state index contributed by atoms with van der Waals surface area (Å²) in [4.78, 5) is 52.3. The number of halogens is 1. The Labute approximate surface area is 281 Å². The molecule has 248 valence electrons. The number of ether oxygens (including phenoxy) is 1. The van der Waals surface area contributed by atoms with Crippen LogP contribution in [0.15, 0.2) is 76.7 Å². The Kier molecular flexibility index (Phi) is 12.9. The molecule has 0 saturated carbocycles. The molecule has 13 nitrogen and oxygen atoms in total. The number of cyclic esters (lactones) is 1. The lowest BCUT2D eigenvalue weighted by molar-refractivity contribution is 0.143. The number of nitrogens with one attached hydrogen (secondary N) is 3. The summed E-state index contributed by atoms with van der Waals surface area (Å²) in [6, 6.07) is 18.5. The maximum absolute atomic E-state index is 15.2. The fraction of sp³-hybridized carbons (Fsp3) is 0.241. The molecule has 1 fully saturated rings. The van der Waals surface area contributed by atoms with Crippen molar-refractivity contribution in [2.45, 2.75) is 29.4 Å². The van der Waals surface area contributed by atoms with Gasteiger partial charge in [-0.2, -0.15) is 24.7 Å². The lowest BCUT2D eigenvalue weighted by Crippen LogP contribution is -2.32. The molecule has 0 spiro atoms. The second kappa shape index (κ2) is 16.6. The molecule has 9 N–H and O–H groups in total. The summed E-state index contributed by atoms with van der Waals surface area (Å²) in [7, 11) is -7.50. The number of benzene rings is 3. The first-order chi connectivity index (χ1) is 22.4. The van der Waals surface area contributed by atoms with Crippen molar-refractivity contribution in [3.63, 3.8) is 0 Å². The summed E-state index contributed by atoms with van der Waals surface area (Å²) in [6.07, 6.45) is -0.270. The number of amides is 1. The van der Waals surface area contributed by atoms with Crippen LogP contribution >= 0.6 is 40.0 Å². The van der Waals surface area contributed by atoms with Gasteiger partial charge in [-0.1, -0.05) is 60.4 Å². The van der Waals surface area contributed by atoms with Gasteiger partial charge in [-0.25, -0.2) is 9.18 Å². The van der Waals surface area contributed by atoms with Crippen molar-refractivity contribution in [1.29, 1.82) is 5.41 Å². The molecule has 4 rings (SSSR count). The van der Waals surface area contributed by atoms with Gasteiger partial charge in [0.15, 0.2) is 0 Å². The Hall–Kier alpha value is -3.43. The van der Waals surface area contributed by atoms with Gasteiger partial charge in [0.1, 0.15) is 16.2 Å². The SMILES string of the molecule is N=CC(CNCc1ccc(-c2ccc(N3C[C@H](CNC(=S)Sc4ccc(CC([P+](=O)O)[P+](O)(O)O)cc4)OC3=O)cc2F)cc1)=NN. The lowest BCUT2D eigenvalue weighted by atomic mass is 10.0. The zero-order valence-electron chi connectivity index (χ0n) is 24.7. The van der Waals surface area contributed by atoms with E-state index in [0.717, 1.165) is 16.7 Å². The normalized spacial score (nSPS) is 16.1. The van der Waals surface area contributed by atoms with Gasteiger partial charge in [-0.05, 0) is 51.6 Å². The highest BCUT2D eigenvalue weighted by Crippen LogP contribution is 2.59. The van der Waals surface area contributed by atoms with E-state index in [9.17, 15) is 28.9 Å². The quantitative estimate of drug-likeness (QED) is 0.0297. The Balaban J connectivity index is 1.27. The molecular formula is C29H33FN6O7P2S2+2. The highest BCUT2D eigenvalue weighted by molar-refractivity contribution is 8.23. The number of thioether (sulfide) groups is 1. The number of carbonyl (C=O) groups excluding carboxylic acids is 1. The van der Waals surface area contributed by atoms with Crippen molar-refractivity contribution in [2.24, 2.45) is 10.9 Å². The summed E-state index contributed by atoms with van der Waals surface area (Å²) < 4.78 is 32.5. The van der Waals surface area contributed by atoms with Gasteiger partial charge < -0.3 is 26.6 Å². The van der Waals surface area contributed by atoms with Crippen LogP contribution in [0, 0.1) is 11.2 Å². The predicted molar refractivity (Wildman–Crippen MR) is 185 cm³/mol. The number of hydrogen-bond donors (Lipinski definition) is 8. The maximum atomic E-state index is 15.2. The van der Waals surface area contributed by atoms with Crippen LogP contribution in [-0.2, 0) is 22.3 Å². The molecule has 18 heteroatoms. The number of thiocarbonyl (C=S) groups is 1. The van der Waals surface area contributed by atoms with Crippen molar-refractivity contribution in [1.82, 2.24) is 10.6 Å². The highest BCUT2D eigenvalue weighted by Gasteiger charge is 2.56. The molecule has 3 aromatic carbocycles. The third-order valence-electron chi connectivity index (χ3n) is 7.05. The van der Waals surface area contributed by atoms with E-state index in [2.05, 4.69) is 15.7 Å². The molecule has 0 aliphatic carbocycles. The maximum Gasteiger partial charge on any atom is 0.558 e. The Bertz CT molecular complexity index is 1650. The number of hydrogen-bond acceptors (Lipinski definition) is 12. The summed E-state index contributed by atoms with van der Waals surface area (Å²) in [5.74, 6) is 4.71. The Morgan fingerprint density at radius 2 is 1.87 bits per heavy atom. The van der Waals surface area contributed by atoms with E-state index in [0.29, 0.717) is 45.5 Å². The van der Waals surface area contributed by atoms with E-state index < -0.39 is 39.4 Å². The van der Waals surface area contributed by atoms with E-state index in [1.54, 1.807) is 48.5 Å². The van der Waals surface area contributed by atoms with Crippen LogP contribution in [0.4, 0.5) is 14.9 Å². The van der Waals surface area contributed by atoms with E-state index in [-0.39, 0.29) is 19.5 Å². The van der Waals surface area contributed by atoms with E-state index in [4.69, 9.17) is 28.2 Å². The van der Waals surface area contributed by atoms with Crippen LogP contribution in [-0.4, -0.2) is 73.1 Å². The zero-order chi connectivity index (χ0) is 34.1. The fourth-order valence-corrected chi connectivity index (χ4v) is 7.49. The first-order valence-corrected chi connectivity index (χ1v) is 18.2. The largest absolute Gasteiger partial charge is 0.558 e. The van der Waals surface area contributed by atoms with Gasteiger partial charge in [0.25, 0.3) is 0 Å². The molecule has 1 saturated heterocycles. The van der Waals surface area contributed by atoms with Gasteiger partial charge >= 0.3 is 27.5 Å². The molecule has 0 aromatic heterocycles. The number of hydrazone groups is 1. The summed E-state index contributed by atoms with van der Waals surface area (Å²) in [5, 5.41) is 15.3. The third-order valence-corrected chi connectivity index (χ3v) is 11.5. The van der Waals surface area contributed by atoms with E-state index in [1.165, 1.54) is 22.7 Å². The van der Waals surface area contributed by atoms with Crippen molar-refractivity contribution >= 4 is 68.0 Å². The molecule has 0 bridgehead atoms. The third kappa shape index (κ3) is 10.3. The van der Waals surface area contributed by atoms with Crippen LogP contribution in [0.2, 0.25) is 0 Å². The molecule has 1 heterocycles. The molecule has 0 radical (unpaired) electrons. The molecule has 3 atom stereocenters. The first kappa shape index (κ1) is 36.4. The highest BCUT2D eigenvalue weighted by atomic mass is 32.2. The van der Waals surface area contributed by atoms with Gasteiger partial charge in [0.05, 0.1) is 30.9 Å². The summed E-state index contributed by atoms with van der Waals surface area (Å²) >= 11 is 6.62. The van der Waals surface area contributed by atoms with Crippen LogP contribution in [0.1, 0.15) is 11.1 Å². The minimum absolute atomic E-state index is 0.182. The molecule has 1 aliphatic heterocycles. The number of rotatable bonds is 14. The molecular weight excluding hydrogens is 689 g/mol. The van der Waals surface area contributed by atoms with Gasteiger partial charge in [0.2, 0.25) is 0 Å². The van der Waals surface area contributed by atoms with Crippen LogP contribution < -0.4 is 21.4 Å². The number of carbonyl (C=O) groups is 1. The topological polar surface area (TPSA) is 214 Å². The molecule has 47 heavy (non-hydrogen) atoms. The van der Waals surface area contributed by atoms with Crippen molar-refractivity contribution in [3.8, 4) is 11.1 Å². The second-order valence-electron chi connectivity index (χ2n) is 10.4. The number of nitrogens with zero attached hydrogens (tertiary/aromatic N) is 2. The monoisotopic (exact) mass is 722 g/mol. The average Bonchev–Trinajstić information content (AvgIpc) is 3.41. The first-order valence-electron chi connectivity index (χ1n) is 14.0. The minimum atomic E-state index is -4.50. The number of anilines is 1. The van der Waals surface area contributed by atoms with Crippen molar-refractivity contribution < 1.29 is 38.1 Å². The van der Waals surface area contributed by atoms with E-state index >= 15 is 4.39 Å². The van der Waals surface area contributed by atoms with Crippen LogP contribution in [0.25, 0.3) is 11.1 Å². The Morgan fingerprint density at radius 1 is 1.19 bits per heavy atom. The smallest absolute Gasteiger partial charge is 0.442 e. The lowest BCUT2D eigenvalue weighted by Gasteiger charge is -2.15. The van der Waals surface area contributed by atoms with E-state index in [1.807, 2.05) is 12.1 Å². The molecule has 3 aromatic rings. The second-order valence-corrected chi connectivity index (χ2v) is 15.6. The van der Waals surface area contributed by atoms with Crippen LogP contribution in [0.3, 0.4) is 0 Å². The number of nitrogens with two attached hydrogens (primary N) is 1. The molecule has 1 aliphatic rings. The summed E-state index contributed by atoms with van der Waals surface area (Å²) in [5.41, 5.74) is 3.30. The zero-order valence-corrected chi connectivity index (χ0v) is 28.1. The predicted octanol–water partition coefficient (Wildman–Crippen LogP) is 3.88. The summed E-state index contributed by atoms with van der Waals surface area (Å²) in [6.45, 7) is 1.27. The average molecular weight is 723 g/mol. The molecule has 2 unspecified atom stereocenters. The molecule has 1 amide bonds. The van der Waals surface area contributed by atoms with Gasteiger partial charge in [-0.15, -0.1) is 0 Å². The standard InChI is InChI=1S/C29H31FN6O7P2S2/c30-26-12-22(7-10-25(26)20-5-1-19(2-6-20)14-33-15-21(13-31)35-32)36-17-23(43-29(36)37)16-34-28(46)47-24-8-3-18(4-9-24)11-27(44(38)39)45(40,41)42/h1-10,12-13,23,27,33,40-42H,11,14-17H2,(H3-2,31,32,34,38,39,46)/p+2/t23-,27?/m0/s1. The fourth-order valence-electron chi connectivity index (χ4n) is 4.59. The Morgan fingerprint density at radius 3 is 2.47 bits per heavy atom. The van der Waals surface area contributed by atoms with Crippen LogP contribution in [0.5, 0.6) is 0 Å². The minimum Gasteiger partial charge on any atom is -0.442 e. The van der Waals surface area contributed by atoms with Crippen molar-refractivity contribution in [2.75, 3.05) is 24.5 Å². The van der Waals surface area contributed by atoms with Gasteiger partial charge in [0, 0.05) is 29.8 Å².